The van der Waals surface area contributed by atoms with Crippen molar-refractivity contribution in [3.05, 3.63) is 42.1 Å². The number of benzene rings is 1. The molecule has 0 fully saturated rings. The van der Waals surface area contributed by atoms with Gasteiger partial charge >= 0.3 is 0 Å². The van der Waals surface area contributed by atoms with Gasteiger partial charge in [-0.3, -0.25) is 4.98 Å². The van der Waals surface area contributed by atoms with Crippen molar-refractivity contribution < 1.29 is 4.74 Å². The van der Waals surface area contributed by atoms with Gasteiger partial charge in [0.25, 0.3) is 0 Å². The van der Waals surface area contributed by atoms with E-state index in [9.17, 15) is 0 Å². The number of pyridine rings is 1. The lowest BCUT2D eigenvalue weighted by Crippen LogP contribution is -2.10. The zero-order chi connectivity index (χ0) is 11.4. The summed E-state index contributed by atoms with van der Waals surface area (Å²) in [5.74, 6) is 0. The molecule has 0 radical (unpaired) electrons. The van der Waals surface area contributed by atoms with Crippen molar-refractivity contribution in [3.63, 3.8) is 0 Å². The van der Waals surface area contributed by atoms with Crippen molar-refractivity contribution in [2.75, 3.05) is 13.7 Å². The van der Waals surface area contributed by atoms with Gasteiger partial charge in [-0.1, -0.05) is 34.1 Å². The molecular formula is C13H14BrNO. The van der Waals surface area contributed by atoms with Gasteiger partial charge < -0.3 is 4.74 Å². The highest BCUT2D eigenvalue weighted by Crippen LogP contribution is 2.19. The first-order valence-corrected chi connectivity index (χ1v) is 6.18. The molecule has 84 valence electrons. The van der Waals surface area contributed by atoms with E-state index in [4.69, 9.17) is 4.74 Å². The van der Waals surface area contributed by atoms with Gasteiger partial charge in [-0.05, 0) is 24.1 Å². The lowest BCUT2D eigenvalue weighted by Gasteiger charge is -2.10. The predicted octanol–water partition coefficient (Wildman–Crippen LogP) is 3.19. The lowest BCUT2D eigenvalue weighted by atomic mass is 10.1. The quantitative estimate of drug-likeness (QED) is 0.802. The van der Waals surface area contributed by atoms with Crippen LogP contribution in [0.15, 0.2) is 36.5 Å². The first-order valence-electron chi connectivity index (χ1n) is 5.27. The van der Waals surface area contributed by atoms with Crippen LogP contribution in [0, 0.1) is 0 Å². The number of aromatic nitrogens is 1. The van der Waals surface area contributed by atoms with Gasteiger partial charge in [-0.15, -0.1) is 0 Å². The molecule has 2 rings (SSSR count). The highest BCUT2D eigenvalue weighted by atomic mass is 79.9. The number of hydrogen-bond acceptors (Lipinski definition) is 2. The van der Waals surface area contributed by atoms with Gasteiger partial charge in [0.2, 0.25) is 0 Å². The second-order valence-electron chi connectivity index (χ2n) is 3.74. The fourth-order valence-electron chi connectivity index (χ4n) is 1.81. The molecule has 1 unspecified atom stereocenters. The second-order valence-corrected chi connectivity index (χ2v) is 5.04. The van der Waals surface area contributed by atoms with Crippen LogP contribution in [0.2, 0.25) is 0 Å². The largest absolute Gasteiger partial charge is 0.384 e. The van der Waals surface area contributed by atoms with Gasteiger partial charge in [-0.2, -0.15) is 0 Å². The van der Waals surface area contributed by atoms with Crippen molar-refractivity contribution in [2.45, 2.75) is 11.2 Å². The fourth-order valence-corrected chi connectivity index (χ4v) is 2.42. The first-order chi connectivity index (χ1) is 7.81. The number of halogens is 1. The summed E-state index contributed by atoms with van der Waals surface area (Å²) in [5.41, 5.74) is 2.36. The van der Waals surface area contributed by atoms with Crippen molar-refractivity contribution in [1.29, 1.82) is 0 Å². The Labute approximate surface area is 104 Å². The van der Waals surface area contributed by atoms with Gasteiger partial charge in [-0.25, -0.2) is 0 Å². The van der Waals surface area contributed by atoms with E-state index in [-0.39, 0.29) is 0 Å². The third kappa shape index (κ3) is 2.60. The molecular weight excluding hydrogens is 266 g/mol. The maximum Gasteiger partial charge on any atom is 0.0704 e. The Kier molecular flexibility index (Phi) is 3.91. The summed E-state index contributed by atoms with van der Waals surface area (Å²) in [4.78, 5) is 4.70. The van der Waals surface area contributed by atoms with Crippen molar-refractivity contribution >= 4 is 26.8 Å². The fraction of sp³-hybridized carbons (Fsp3) is 0.308. The predicted molar refractivity (Wildman–Crippen MR) is 70.0 cm³/mol. The zero-order valence-corrected chi connectivity index (χ0v) is 10.8. The normalized spacial score (nSPS) is 12.9. The van der Waals surface area contributed by atoms with Crippen molar-refractivity contribution in [1.82, 2.24) is 4.98 Å². The molecule has 0 bridgehead atoms. The second kappa shape index (κ2) is 5.41. The molecule has 0 aliphatic carbocycles. The third-order valence-corrected chi connectivity index (χ3v) is 3.12. The zero-order valence-electron chi connectivity index (χ0n) is 9.19. The summed E-state index contributed by atoms with van der Waals surface area (Å²) in [5, 5.41) is 1.23. The minimum atomic E-state index is 0.350. The lowest BCUT2D eigenvalue weighted by molar-refractivity contribution is 0.200. The summed E-state index contributed by atoms with van der Waals surface area (Å²) in [6, 6.07) is 10.3. The Hall–Kier alpha value is -0.930. The Morgan fingerprint density at radius 2 is 2.12 bits per heavy atom. The molecule has 1 heterocycles. The van der Waals surface area contributed by atoms with Crippen LogP contribution >= 0.6 is 15.9 Å². The molecule has 0 spiro atoms. The summed E-state index contributed by atoms with van der Waals surface area (Å²) in [6.45, 7) is 0.719. The molecule has 0 N–H and O–H groups in total. The van der Waals surface area contributed by atoms with Gasteiger partial charge in [0.05, 0.1) is 12.1 Å². The van der Waals surface area contributed by atoms with E-state index in [2.05, 4.69) is 33.0 Å². The number of para-hydroxylation sites is 1. The maximum atomic E-state index is 5.13. The number of rotatable bonds is 4. The number of alkyl halides is 1. The van der Waals surface area contributed by atoms with E-state index >= 15 is 0 Å². The SMILES string of the molecule is COCC(Br)Cc1ccnc2ccccc12. The van der Waals surface area contributed by atoms with Crippen LogP contribution in [0.1, 0.15) is 5.56 Å². The van der Waals surface area contributed by atoms with E-state index in [1.165, 1.54) is 10.9 Å². The molecule has 2 aromatic rings. The number of methoxy groups -OCH3 is 1. The van der Waals surface area contributed by atoms with Crippen LogP contribution in [0.5, 0.6) is 0 Å². The monoisotopic (exact) mass is 279 g/mol. The summed E-state index contributed by atoms with van der Waals surface area (Å²) >= 11 is 3.62. The molecule has 1 atom stereocenters. The first kappa shape index (κ1) is 11.6. The number of nitrogens with zero attached hydrogens (tertiary/aromatic N) is 1. The van der Waals surface area contributed by atoms with E-state index in [1.54, 1.807) is 7.11 Å². The van der Waals surface area contributed by atoms with Crippen molar-refractivity contribution in [2.24, 2.45) is 0 Å². The molecule has 0 saturated carbocycles. The minimum Gasteiger partial charge on any atom is -0.384 e. The Morgan fingerprint density at radius 3 is 2.94 bits per heavy atom. The molecule has 1 aromatic heterocycles. The van der Waals surface area contributed by atoms with Crippen LogP contribution in [0.25, 0.3) is 10.9 Å². The standard InChI is InChI=1S/C13H14BrNO/c1-16-9-11(14)8-10-6-7-15-13-5-3-2-4-12(10)13/h2-7,11H,8-9H2,1H3. The topological polar surface area (TPSA) is 22.1 Å². The molecule has 0 aliphatic heterocycles. The van der Waals surface area contributed by atoms with Crippen LogP contribution in [0.4, 0.5) is 0 Å². The summed E-state index contributed by atoms with van der Waals surface area (Å²) in [6.07, 6.45) is 2.82. The number of ether oxygens (including phenoxy) is 1. The number of fused-ring (bicyclic) bond motifs is 1. The van der Waals surface area contributed by atoms with E-state index in [0.717, 1.165) is 18.5 Å². The highest BCUT2D eigenvalue weighted by Gasteiger charge is 2.07. The highest BCUT2D eigenvalue weighted by molar-refractivity contribution is 9.09. The summed E-state index contributed by atoms with van der Waals surface area (Å²) < 4.78 is 5.13. The Balaban J connectivity index is 2.30. The molecule has 0 amide bonds. The van der Waals surface area contributed by atoms with Crippen LogP contribution in [-0.2, 0) is 11.2 Å². The summed E-state index contributed by atoms with van der Waals surface area (Å²) in [7, 11) is 1.72. The molecule has 0 aliphatic rings. The Morgan fingerprint density at radius 1 is 1.31 bits per heavy atom. The van der Waals surface area contributed by atoms with E-state index < -0.39 is 0 Å². The molecule has 1 aromatic carbocycles. The van der Waals surface area contributed by atoms with Crippen molar-refractivity contribution in [3.8, 4) is 0 Å². The van der Waals surface area contributed by atoms with Gasteiger partial charge in [0.15, 0.2) is 0 Å². The molecule has 3 heteroatoms. The average Bonchev–Trinajstić information content (AvgIpc) is 2.30. The molecule has 0 saturated heterocycles. The van der Waals surface area contributed by atoms with Crippen LogP contribution in [0.3, 0.4) is 0 Å². The van der Waals surface area contributed by atoms with Crippen LogP contribution in [-0.4, -0.2) is 23.5 Å². The number of hydrogen-bond donors (Lipinski definition) is 0. The third-order valence-electron chi connectivity index (χ3n) is 2.53. The maximum absolute atomic E-state index is 5.13. The molecule has 2 nitrogen and oxygen atoms in total. The van der Waals surface area contributed by atoms with E-state index in [0.29, 0.717) is 4.83 Å². The van der Waals surface area contributed by atoms with Gasteiger partial charge in [0.1, 0.15) is 0 Å². The molecule has 16 heavy (non-hydrogen) atoms. The smallest absolute Gasteiger partial charge is 0.0704 e. The van der Waals surface area contributed by atoms with Crippen LogP contribution < -0.4 is 0 Å². The minimum absolute atomic E-state index is 0.350. The average molecular weight is 280 g/mol. The van der Waals surface area contributed by atoms with Gasteiger partial charge in [0, 0.05) is 23.5 Å². The Bertz CT molecular complexity index is 467. The van der Waals surface area contributed by atoms with E-state index in [1.807, 2.05) is 24.4 Å².